The first-order valence-corrected chi connectivity index (χ1v) is 13.2. The molecule has 3 heterocycles. The fraction of sp³-hybridized carbons (Fsp3) is 0.667. The van der Waals surface area contributed by atoms with Crippen LogP contribution in [0.3, 0.4) is 0 Å². The Morgan fingerprint density at radius 3 is 2.38 bits per heavy atom. The maximum atomic E-state index is 12.0. The van der Waals surface area contributed by atoms with Crippen LogP contribution in [0, 0.1) is 0 Å². The van der Waals surface area contributed by atoms with Crippen LogP contribution in [-0.2, 0) is 25.4 Å². The molecule has 2 unspecified atom stereocenters. The van der Waals surface area contributed by atoms with Crippen molar-refractivity contribution in [3.05, 3.63) is 34.2 Å². The molecule has 1 aromatic carbocycles. The summed E-state index contributed by atoms with van der Waals surface area (Å²) in [5.74, 6) is -2.04. The normalized spacial score (nSPS) is 30.4. The van der Waals surface area contributed by atoms with Crippen LogP contribution >= 0.6 is 0 Å². The molecular weight excluding hydrogens is 564 g/mol. The summed E-state index contributed by atoms with van der Waals surface area (Å²) < 4.78 is 38.5. The van der Waals surface area contributed by atoms with E-state index in [1.807, 2.05) is 0 Å². The van der Waals surface area contributed by atoms with E-state index in [4.69, 9.17) is 32.8 Å². The van der Waals surface area contributed by atoms with Gasteiger partial charge in [0.1, 0.15) is 28.8 Å². The van der Waals surface area contributed by atoms with E-state index in [-0.39, 0.29) is 31.0 Å². The molecule has 4 rings (SSSR count). The van der Waals surface area contributed by atoms with E-state index < -0.39 is 72.6 Å². The lowest BCUT2D eigenvalue weighted by Crippen LogP contribution is -2.61. The highest BCUT2D eigenvalue weighted by Crippen LogP contribution is 2.38. The summed E-state index contributed by atoms with van der Waals surface area (Å²) in [6, 6.07) is 4.33. The molecule has 15 heteroatoms. The lowest BCUT2D eigenvalue weighted by atomic mass is 9.92. The number of benzene rings is 1. The molecule has 15 nitrogen and oxygen atoms in total. The molecule has 0 amide bonds. The fourth-order valence-corrected chi connectivity index (χ4v) is 4.91. The SMILES string of the molecule is COc1cc(OC)c2ccc(=O)oc2c1CC(O)C(C)(C)O[C@@H]1O[C@H](CO[C@@H]2OCC(O)(CO)[C@H]2O)CC(O)(O)[C@H]1O. The zero-order valence-corrected chi connectivity index (χ0v) is 23.6. The molecule has 236 valence electrons. The van der Waals surface area contributed by atoms with Crippen LogP contribution in [0.5, 0.6) is 11.5 Å². The Labute approximate surface area is 240 Å². The predicted octanol–water partition coefficient (Wildman–Crippen LogP) is -1.88. The summed E-state index contributed by atoms with van der Waals surface area (Å²) in [6.45, 7) is 1.43. The highest BCUT2D eigenvalue weighted by atomic mass is 16.7. The van der Waals surface area contributed by atoms with Crippen LogP contribution in [-0.4, -0.2) is 124 Å². The van der Waals surface area contributed by atoms with E-state index in [2.05, 4.69) is 0 Å². The van der Waals surface area contributed by atoms with Gasteiger partial charge in [-0.1, -0.05) is 0 Å². The minimum absolute atomic E-state index is 0.133. The van der Waals surface area contributed by atoms with Crippen molar-refractivity contribution in [1.82, 2.24) is 0 Å². The summed E-state index contributed by atoms with van der Waals surface area (Å²) in [4.78, 5) is 12.0. The fourth-order valence-electron chi connectivity index (χ4n) is 4.91. The summed E-state index contributed by atoms with van der Waals surface area (Å²) in [5.41, 5.74) is -3.58. The van der Waals surface area contributed by atoms with Crippen LogP contribution in [0.4, 0.5) is 0 Å². The molecule has 0 aliphatic carbocycles. The van der Waals surface area contributed by atoms with Crippen molar-refractivity contribution >= 4 is 11.0 Å². The smallest absolute Gasteiger partial charge is 0.336 e. The summed E-state index contributed by atoms with van der Waals surface area (Å²) in [5, 5.41) is 72.9. The molecule has 0 bridgehead atoms. The standard InChI is InChI=1S/C27H38O15/c1-25(2,18(29)7-15-17(37-4)8-16(36-3)14-5-6-19(30)41-20(14)15)42-24-22(32)27(34,35)9-13(40-24)10-38-23-21(31)26(33,11-28)12-39-23/h5-6,8,13,18,21-24,28-29,31-35H,7,9-12H2,1-4H3/t13-,18?,21-,22-,23+,24-,26?/m0/s1. The molecule has 7 N–H and O–H groups in total. The number of aliphatic hydroxyl groups excluding tert-OH is 4. The molecule has 2 aliphatic heterocycles. The summed E-state index contributed by atoms with van der Waals surface area (Å²) in [7, 11) is 2.84. The van der Waals surface area contributed by atoms with Gasteiger partial charge < -0.3 is 68.6 Å². The van der Waals surface area contributed by atoms with Gasteiger partial charge in [0, 0.05) is 30.5 Å². The Morgan fingerprint density at radius 2 is 1.76 bits per heavy atom. The molecule has 2 fully saturated rings. The third-order valence-corrected chi connectivity index (χ3v) is 7.60. The first-order valence-electron chi connectivity index (χ1n) is 13.2. The van der Waals surface area contributed by atoms with E-state index in [9.17, 15) is 40.5 Å². The second-order valence-electron chi connectivity index (χ2n) is 11.1. The van der Waals surface area contributed by atoms with Crippen molar-refractivity contribution in [3.63, 3.8) is 0 Å². The van der Waals surface area contributed by atoms with Crippen molar-refractivity contribution in [3.8, 4) is 11.5 Å². The van der Waals surface area contributed by atoms with Crippen molar-refractivity contribution in [2.75, 3.05) is 34.0 Å². The Hall–Kier alpha value is -2.41. The highest BCUT2D eigenvalue weighted by molar-refractivity contribution is 5.88. The van der Waals surface area contributed by atoms with Gasteiger partial charge >= 0.3 is 5.63 Å². The lowest BCUT2D eigenvalue weighted by Gasteiger charge is -2.45. The predicted molar refractivity (Wildman–Crippen MR) is 141 cm³/mol. The molecule has 7 atom stereocenters. The number of rotatable bonds is 11. The quantitative estimate of drug-likeness (QED) is 0.110. The van der Waals surface area contributed by atoms with Crippen LogP contribution < -0.4 is 15.1 Å². The molecule has 0 radical (unpaired) electrons. The first-order chi connectivity index (χ1) is 19.7. The maximum Gasteiger partial charge on any atom is 0.336 e. The average Bonchev–Trinajstić information content (AvgIpc) is 3.23. The number of methoxy groups -OCH3 is 2. The number of ether oxygens (including phenoxy) is 6. The number of hydrogen-bond acceptors (Lipinski definition) is 15. The van der Waals surface area contributed by atoms with Gasteiger partial charge in [-0.05, 0) is 19.9 Å². The maximum absolute atomic E-state index is 12.0. The molecule has 0 spiro atoms. The van der Waals surface area contributed by atoms with Crippen LogP contribution in [0.15, 0.2) is 27.4 Å². The molecule has 1 aromatic heterocycles. The van der Waals surface area contributed by atoms with Crippen molar-refractivity contribution in [1.29, 1.82) is 0 Å². The van der Waals surface area contributed by atoms with Gasteiger partial charge in [0.2, 0.25) is 0 Å². The van der Waals surface area contributed by atoms with E-state index in [1.54, 1.807) is 6.07 Å². The zero-order valence-electron chi connectivity index (χ0n) is 23.6. The van der Waals surface area contributed by atoms with E-state index >= 15 is 0 Å². The lowest BCUT2D eigenvalue weighted by molar-refractivity contribution is -0.374. The largest absolute Gasteiger partial charge is 0.496 e. The van der Waals surface area contributed by atoms with Crippen LogP contribution in [0.1, 0.15) is 25.8 Å². The second kappa shape index (κ2) is 12.3. The average molecular weight is 603 g/mol. The van der Waals surface area contributed by atoms with E-state index in [0.29, 0.717) is 16.7 Å². The summed E-state index contributed by atoms with van der Waals surface area (Å²) >= 11 is 0. The van der Waals surface area contributed by atoms with Crippen molar-refractivity contribution < 1.29 is 68.6 Å². The highest BCUT2D eigenvalue weighted by Gasteiger charge is 2.52. The third kappa shape index (κ3) is 6.41. The molecular formula is C27H38O15. The van der Waals surface area contributed by atoms with Gasteiger partial charge in [-0.15, -0.1) is 0 Å². The number of aliphatic hydroxyl groups is 7. The number of hydrogen-bond donors (Lipinski definition) is 7. The van der Waals surface area contributed by atoms with Crippen LogP contribution in [0.25, 0.3) is 11.0 Å². The van der Waals surface area contributed by atoms with Crippen LogP contribution in [0.2, 0.25) is 0 Å². The first kappa shape index (κ1) is 32.5. The van der Waals surface area contributed by atoms with E-state index in [0.717, 1.165) is 0 Å². The molecule has 2 aromatic rings. The van der Waals surface area contributed by atoms with Gasteiger partial charge in [0.25, 0.3) is 0 Å². The Kier molecular flexibility index (Phi) is 9.52. The van der Waals surface area contributed by atoms with Gasteiger partial charge in [0.15, 0.2) is 24.5 Å². The molecule has 0 saturated carbocycles. The third-order valence-electron chi connectivity index (χ3n) is 7.60. The zero-order chi connectivity index (χ0) is 31.0. The van der Waals surface area contributed by atoms with Crippen molar-refractivity contribution in [2.45, 2.75) is 80.7 Å². The Balaban J connectivity index is 1.50. The van der Waals surface area contributed by atoms with Gasteiger partial charge in [-0.3, -0.25) is 0 Å². The molecule has 42 heavy (non-hydrogen) atoms. The molecule has 2 aliphatic rings. The van der Waals surface area contributed by atoms with Gasteiger partial charge in [-0.25, -0.2) is 4.79 Å². The van der Waals surface area contributed by atoms with Crippen molar-refractivity contribution in [2.24, 2.45) is 0 Å². The summed E-state index contributed by atoms with van der Waals surface area (Å²) in [6.07, 6.45) is -9.65. The minimum Gasteiger partial charge on any atom is -0.496 e. The molecule has 2 saturated heterocycles. The Bertz CT molecular complexity index is 1290. The Morgan fingerprint density at radius 1 is 1.07 bits per heavy atom. The number of fused-ring (bicyclic) bond motifs is 1. The minimum atomic E-state index is -2.68. The van der Waals surface area contributed by atoms with Gasteiger partial charge in [-0.2, -0.15) is 0 Å². The van der Waals surface area contributed by atoms with Gasteiger partial charge in [0.05, 0.1) is 57.2 Å². The topological polar surface area (TPSA) is 227 Å². The second-order valence-corrected chi connectivity index (χ2v) is 11.1. The van der Waals surface area contributed by atoms with E-state index in [1.165, 1.54) is 40.2 Å². The monoisotopic (exact) mass is 602 g/mol.